The van der Waals surface area contributed by atoms with E-state index in [-0.39, 0.29) is 21.3 Å². The Labute approximate surface area is 182 Å². The van der Waals surface area contributed by atoms with Gasteiger partial charge in [0.25, 0.3) is 11.8 Å². The number of carbonyl (C=O) groups excluding carboxylic acids is 2. The number of nitrogens with zero attached hydrogens (tertiary/aromatic N) is 1. The summed E-state index contributed by atoms with van der Waals surface area (Å²) in [6.07, 6.45) is 0. The maximum absolute atomic E-state index is 13.6. The molecule has 1 aliphatic heterocycles. The maximum Gasteiger partial charge on any atom is 0.283 e. The van der Waals surface area contributed by atoms with Gasteiger partial charge in [-0.05, 0) is 48.9 Å². The van der Waals surface area contributed by atoms with Gasteiger partial charge in [-0.3, -0.25) is 9.59 Å². The second-order valence-corrected chi connectivity index (χ2v) is 8.09. The molecule has 30 heavy (non-hydrogen) atoms. The molecule has 0 aromatic heterocycles. The van der Waals surface area contributed by atoms with Crippen LogP contribution in [-0.4, -0.2) is 11.8 Å². The van der Waals surface area contributed by atoms with E-state index in [2.05, 4.69) is 5.32 Å². The molecule has 0 saturated heterocycles. The van der Waals surface area contributed by atoms with Crippen LogP contribution in [0.25, 0.3) is 0 Å². The molecule has 1 aliphatic rings. The number of aryl methyl sites for hydroxylation is 1. The molecule has 0 radical (unpaired) electrons. The molecule has 3 aromatic rings. The summed E-state index contributed by atoms with van der Waals surface area (Å²) in [5, 5.41) is 2.96. The lowest BCUT2D eigenvalue weighted by Crippen LogP contribution is -2.32. The minimum atomic E-state index is -0.621. The van der Waals surface area contributed by atoms with Crippen LogP contribution < -0.4 is 10.2 Å². The number of anilines is 2. The van der Waals surface area contributed by atoms with Gasteiger partial charge in [-0.15, -0.1) is 0 Å². The standard InChI is InChI=1S/C23H16ClFN2O2S/c1-14-7-5-6-10-19(14)26-20-21(30-16-8-3-2-4-9-16)23(29)27(22(20)28)15-11-12-18(25)17(24)13-15/h2-13,26H,1H3. The number of thioether (sulfide) groups is 1. The average molecular weight is 439 g/mol. The SMILES string of the molecule is Cc1ccccc1NC1=C(Sc2ccccc2)C(=O)N(c2ccc(F)c(Cl)c2)C1=O. The molecule has 0 aliphatic carbocycles. The third-order valence-electron chi connectivity index (χ3n) is 4.57. The number of benzene rings is 3. The number of amides is 2. The zero-order valence-electron chi connectivity index (χ0n) is 15.9. The topological polar surface area (TPSA) is 49.4 Å². The molecule has 0 atom stereocenters. The average Bonchev–Trinajstić information content (AvgIpc) is 2.96. The monoisotopic (exact) mass is 438 g/mol. The molecule has 4 nitrogen and oxygen atoms in total. The van der Waals surface area contributed by atoms with Gasteiger partial charge in [-0.2, -0.15) is 0 Å². The van der Waals surface area contributed by atoms with Crippen LogP contribution in [0.15, 0.2) is 88.3 Å². The van der Waals surface area contributed by atoms with E-state index >= 15 is 0 Å². The number of nitrogens with one attached hydrogen (secondary N) is 1. The van der Waals surface area contributed by atoms with Crippen molar-refractivity contribution in [2.45, 2.75) is 11.8 Å². The van der Waals surface area contributed by atoms with Crippen LogP contribution in [0.3, 0.4) is 0 Å². The van der Waals surface area contributed by atoms with Crippen LogP contribution in [0.4, 0.5) is 15.8 Å². The first kappa shape index (κ1) is 20.2. The quantitative estimate of drug-likeness (QED) is 0.513. The zero-order valence-corrected chi connectivity index (χ0v) is 17.4. The summed E-state index contributed by atoms with van der Waals surface area (Å²) in [4.78, 5) is 28.6. The van der Waals surface area contributed by atoms with Crippen molar-refractivity contribution in [3.05, 3.63) is 99.8 Å². The summed E-state index contributed by atoms with van der Waals surface area (Å²) in [6.45, 7) is 1.91. The second kappa shape index (κ2) is 8.34. The number of hydrogen-bond donors (Lipinski definition) is 1. The number of halogens is 2. The van der Waals surface area contributed by atoms with Crippen molar-refractivity contribution in [1.29, 1.82) is 0 Å². The Hall–Kier alpha value is -3.09. The van der Waals surface area contributed by atoms with E-state index in [0.717, 1.165) is 27.1 Å². The predicted octanol–water partition coefficient (Wildman–Crippen LogP) is 5.78. The molecule has 150 valence electrons. The number of hydrogen-bond acceptors (Lipinski definition) is 4. The molecule has 7 heteroatoms. The predicted molar refractivity (Wildman–Crippen MR) is 118 cm³/mol. The Morgan fingerprint density at radius 2 is 1.63 bits per heavy atom. The minimum absolute atomic E-state index is 0.161. The summed E-state index contributed by atoms with van der Waals surface area (Å²) < 4.78 is 13.6. The van der Waals surface area contributed by atoms with E-state index in [9.17, 15) is 14.0 Å². The highest BCUT2D eigenvalue weighted by atomic mass is 35.5. The van der Waals surface area contributed by atoms with Gasteiger partial charge < -0.3 is 5.32 Å². The minimum Gasteiger partial charge on any atom is -0.350 e. The Balaban J connectivity index is 1.77. The van der Waals surface area contributed by atoms with Crippen molar-refractivity contribution < 1.29 is 14.0 Å². The Bertz CT molecular complexity index is 1180. The summed E-state index contributed by atoms with van der Waals surface area (Å²) in [5.74, 6) is -1.64. The molecular weight excluding hydrogens is 423 g/mol. The van der Waals surface area contributed by atoms with E-state index in [1.807, 2.05) is 61.5 Å². The number of carbonyl (C=O) groups is 2. The van der Waals surface area contributed by atoms with Gasteiger partial charge in [-0.25, -0.2) is 9.29 Å². The van der Waals surface area contributed by atoms with Crippen molar-refractivity contribution in [2.24, 2.45) is 0 Å². The first-order chi connectivity index (χ1) is 14.5. The van der Waals surface area contributed by atoms with Crippen LogP contribution in [0.1, 0.15) is 5.56 Å². The van der Waals surface area contributed by atoms with Crippen molar-refractivity contribution in [2.75, 3.05) is 10.2 Å². The van der Waals surface area contributed by atoms with Crippen molar-refractivity contribution >= 4 is 46.6 Å². The highest BCUT2D eigenvalue weighted by Crippen LogP contribution is 2.38. The molecular formula is C23H16ClFN2O2S. The van der Waals surface area contributed by atoms with Crippen LogP contribution in [0, 0.1) is 12.7 Å². The fourth-order valence-electron chi connectivity index (χ4n) is 3.03. The van der Waals surface area contributed by atoms with Crippen LogP contribution in [-0.2, 0) is 9.59 Å². The van der Waals surface area contributed by atoms with Gasteiger partial charge in [0.15, 0.2) is 0 Å². The van der Waals surface area contributed by atoms with Gasteiger partial charge in [0, 0.05) is 10.6 Å². The number of imide groups is 1. The van der Waals surface area contributed by atoms with Crippen molar-refractivity contribution in [3.8, 4) is 0 Å². The van der Waals surface area contributed by atoms with Crippen LogP contribution in [0.2, 0.25) is 5.02 Å². The van der Waals surface area contributed by atoms with Crippen LogP contribution in [0.5, 0.6) is 0 Å². The molecule has 2 amide bonds. The summed E-state index contributed by atoms with van der Waals surface area (Å²) in [5.41, 5.74) is 2.03. The molecule has 0 saturated carbocycles. The first-order valence-electron chi connectivity index (χ1n) is 9.09. The van der Waals surface area contributed by atoms with E-state index in [0.29, 0.717) is 0 Å². The van der Waals surface area contributed by atoms with Gasteiger partial charge in [0.05, 0.1) is 10.7 Å². The van der Waals surface area contributed by atoms with Crippen molar-refractivity contribution in [3.63, 3.8) is 0 Å². The van der Waals surface area contributed by atoms with E-state index in [4.69, 9.17) is 11.6 Å². The molecule has 0 bridgehead atoms. The summed E-state index contributed by atoms with van der Waals surface area (Å²) >= 11 is 7.08. The normalized spacial score (nSPS) is 13.9. The second-order valence-electron chi connectivity index (χ2n) is 6.60. The zero-order chi connectivity index (χ0) is 21.3. The molecule has 1 N–H and O–H groups in total. The number of para-hydroxylation sites is 1. The van der Waals surface area contributed by atoms with Gasteiger partial charge in [-0.1, -0.05) is 59.8 Å². The Morgan fingerprint density at radius 3 is 2.33 bits per heavy atom. The molecule has 4 rings (SSSR count). The Kier molecular flexibility index (Phi) is 5.61. The molecule has 0 unspecified atom stereocenters. The fraction of sp³-hybridized carbons (Fsp3) is 0.0435. The lowest BCUT2D eigenvalue weighted by atomic mass is 10.2. The molecule has 1 heterocycles. The lowest BCUT2D eigenvalue weighted by Gasteiger charge is -2.16. The van der Waals surface area contributed by atoms with Gasteiger partial charge >= 0.3 is 0 Å². The third-order valence-corrected chi connectivity index (χ3v) is 5.95. The van der Waals surface area contributed by atoms with Gasteiger partial charge in [0.2, 0.25) is 0 Å². The fourth-order valence-corrected chi connectivity index (χ4v) is 4.15. The number of rotatable bonds is 5. The summed E-state index contributed by atoms with van der Waals surface area (Å²) in [6, 6.07) is 20.6. The first-order valence-corrected chi connectivity index (χ1v) is 10.3. The molecule has 0 fully saturated rings. The molecule has 0 spiro atoms. The van der Waals surface area contributed by atoms with Crippen LogP contribution >= 0.6 is 23.4 Å². The summed E-state index contributed by atoms with van der Waals surface area (Å²) in [7, 11) is 0. The van der Waals surface area contributed by atoms with Crippen molar-refractivity contribution in [1.82, 2.24) is 0 Å². The van der Waals surface area contributed by atoms with Gasteiger partial charge in [0.1, 0.15) is 16.4 Å². The third kappa shape index (κ3) is 3.84. The lowest BCUT2D eigenvalue weighted by molar-refractivity contribution is -0.120. The van der Waals surface area contributed by atoms with E-state index in [1.54, 1.807) is 0 Å². The Morgan fingerprint density at radius 1 is 0.933 bits per heavy atom. The highest BCUT2D eigenvalue weighted by molar-refractivity contribution is 8.04. The van der Waals surface area contributed by atoms with E-state index in [1.165, 1.54) is 23.9 Å². The molecule has 3 aromatic carbocycles. The van der Waals surface area contributed by atoms with E-state index < -0.39 is 17.6 Å². The highest BCUT2D eigenvalue weighted by Gasteiger charge is 2.40. The largest absolute Gasteiger partial charge is 0.350 e. The maximum atomic E-state index is 13.6. The smallest absolute Gasteiger partial charge is 0.283 e.